The van der Waals surface area contributed by atoms with Gasteiger partial charge in [-0.15, -0.1) is 0 Å². The van der Waals surface area contributed by atoms with Crippen molar-refractivity contribution < 1.29 is 14.3 Å². The largest absolute Gasteiger partial charge is 0.466 e. The summed E-state index contributed by atoms with van der Waals surface area (Å²) in [7, 11) is 0. The number of carbonyl (C=O) groups is 2. The second kappa shape index (κ2) is 12.7. The molecule has 0 spiro atoms. The third kappa shape index (κ3) is 6.65. The molecule has 2 aromatic heterocycles. The minimum Gasteiger partial charge on any atom is -0.466 e. The first-order chi connectivity index (χ1) is 18.7. The van der Waals surface area contributed by atoms with Crippen molar-refractivity contribution in [3.05, 3.63) is 93.2 Å². The molecule has 1 N–H and O–H groups in total. The highest BCUT2D eigenvalue weighted by Gasteiger charge is 2.35. The Balaban J connectivity index is 1.71. The summed E-state index contributed by atoms with van der Waals surface area (Å²) in [5.74, 6) is -0.629. The molecule has 2 aromatic carbocycles. The van der Waals surface area contributed by atoms with Gasteiger partial charge >= 0.3 is 5.97 Å². The summed E-state index contributed by atoms with van der Waals surface area (Å²) in [6.45, 7) is 6.29. The number of benzene rings is 2. The number of fused-ring (bicyclic) bond motifs is 1. The lowest BCUT2D eigenvalue weighted by Gasteiger charge is -2.29. The van der Waals surface area contributed by atoms with Crippen LogP contribution >= 0.6 is 27.5 Å². The van der Waals surface area contributed by atoms with Crippen molar-refractivity contribution in [2.45, 2.75) is 45.4 Å². The average Bonchev–Trinajstić information content (AvgIpc) is 2.92. The van der Waals surface area contributed by atoms with Gasteiger partial charge in [0.05, 0.1) is 40.5 Å². The molecule has 4 aromatic rings. The van der Waals surface area contributed by atoms with Crippen molar-refractivity contribution >= 4 is 50.3 Å². The summed E-state index contributed by atoms with van der Waals surface area (Å²) in [5, 5.41) is 4.24. The first kappa shape index (κ1) is 28.7. The quantitative estimate of drug-likeness (QED) is 0.149. The topological polar surface area (TPSA) is 81.2 Å². The van der Waals surface area contributed by atoms with Crippen LogP contribution in [0.1, 0.15) is 54.7 Å². The molecular formula is C31H31BrClN3O3. The van der Waals surface area contributed by atoms with Crippen LogP contribution in [0.2, 0.25) is 5.02 Å². The Morgan fingerprint density at radius 2 is 1.87 bits per heavy atom. The van der Waals surface area contributed by atoms with E-state index in [-0.39, 0.29) is 24.8 Å². The van der Waals surface area contributed by atoms with Gasteiger partial charge in [-0.1, -0.05) is 78.1 Å². The molecule has 0 fully saturated rings. The van der Waals surface area contributed by atoms with Crippen LogP contribution in [0.15, 0.2) is 71.3 Å². The molecule has 0 saturated heterocycles. The van der Waals surface area contributed by atoms with E-state index < -0.39 is 5.41 Å². The molecule has 0 radical (unpaired) electrons. The molecule has 2 heterocycles. The van der Waals surface area contributed by atoms with Gasteiger partial charge in [-0.2, -0.15) is 0 Å². The molecule has 8 heteroatoms. The van der Waals surface area contributed by atoms with E-state index in [1.807, 2.05) is 69.3 Å². The Kier molecular flexibility index (Phi) is 9.36. The van der Waals surface area contributed by atoms with E-state index in [4.69, 9.17) is 21.3 Å². The Labute approximate surface area is 242 Å². The molecule has 202 valence electrons. The van der Waals surface area contributed by atoms with Crippen LogP contribution in [0.5, 0.6) is 0 Å². The normalized spacial score (nSPS) is 12.6. The van der Waals surface area contributed by atoms with Gasteiger partial charge in [-0.25, -0.2) is 4.98 Å². The molecule has 4 rings (SSSR count). The number of rotatable bonds is 10. The Morgan fingerprint density at radius 3 is 2.59 bits per heavy atom. The Bertz CT molecular complexity index is 1500. The number of hydrogen-bond acceptors (Lipinski definition) is 5. The third-order valence-electron chi connectivity index (χ3n) is 6.73. The monoisotopic (exact) mass is 607 g/mol. The molecule has 0 aliphatic carbocycles. The molecule has 1 unspecified atom stereocenters. The zero-order chi connectivity index (χ0) is 28.0. The van der Waals surface area contributed by atoms with Crippen LogP contribution in [0.4, 0.5) is 0 Å². The Morgan fingerprint density at radius 1 is 1.10 bits per heavy atom. The van der Waals surface area contributed by atoms with Gasteiger partial charge in [-0.3, -0.25) is 14.6 Å². The fraction of sp³-hybridized carbons (Fsp3) is 0.290. The first-order valence-electron chi connectivity index (χ1n) is 12.9. The standard InChI is InChI=1S/C31H31BrClN3O3/c1-4-5-16-39-26(37)18-31(3,29-24(33)12-9-15-34-29)19-35-30(38)27-20(2)28(21-10-7-6-8-11-21)36-25-14-13-22(32)17-23(25)27/h6-15,17H,4-5,16,18-19H2,1-3H3,(H,35,38). The third-order valence-corrected chi connectivity index (χ3v) is 7.53. The number of halogens is 2. The second-order valence-corrected chi connectivity index (χ2v) is 11.1. The summed E-state index contributed by atoms with van der Waals surface area (Å²) in [4.78, 5) is 36.1. The fourth-order valence-electron chi connectivity index (χ4n) is 4.62. The van der Waals surface area contributed by atoms with Crippen molar-refractivity contribution in [2.75, 3.05) is 13.2 Å². The lowest BCUT2D eigenvalue weighted by atomic mass is 9.82. The first-order valence-corrected chi connectivity index (χ1v) is 14.1. The van der Waals surface area contributed by atoms with E-state index in [0.29, 0.717) is 28.4 Å². The SMILES string of the molecule is CCCCOC(=O)CC(C)(CNC(=O)c1c(C)c(-c2ccccc2)nc2ccc(Br)cc12)c1ncccc1Cl. The number of nitrogens with zero attached hydrogens (tertiary/aromatic N) is 2. The molecule has 0 bridgehead atoms. The number of aromatic nitrogens is 2. The molecule has 1 amide bonds. The molecular weight excluding hydrogens is 578 g/mol. The lowest BCUT2D eigenvalue weighted by molar-refractivity contribution is -0.145. The van der Waals surface area contributed by atoms with E-state index in [2.05, 4.69) is 26.2 Å². The summed E-state index contributed by atoms with van der Waals surface area (Å²) >= 11 is 10.1. The number of amides is 1. The van der Waals surface area contributed by atoms with Crippen LogP contribution in [0.25, 0.3) is 22.2 Å². The maximum Gasteiger partial charge on any atom is 0.306 e. The van der Waals surface area contributed by atoms with Gasteiger partial charge < -0.3 is 10.1 Å². The van der Waals surface area contributed by atoms with Crippen LogP contribution in [-0.4, -0.2) is 35.0 Å². The van der Waals surface area contributed by atoms with Gasteiger partial charge in [0, 0.05) is 33.6 Å². The number of pyridine rings is 2. The zero-order valence-electron chi connectivity index (χ0n) is 22.3. The van der Waals surface area contributed by atoms with Crippen molar-refractivity contribution in [1.82, 2.24) is 15.3 Å². The number of esters is 1. The molecule has 0 saturated carbocycles. The highest BCUT2D eigenvalue weighted by atomic mass is 79.9. The summed E-state index contributed by atoms with van der Waals surface area (Å²) in [6.07, 6.45) is 3.36. The zero-order valence-corrected chi connectivity index (χ0v) is 24.6. The minimum absolute atomic E-state index is 0.0185. The minimum atomic E-state index is -0.892. The highest BCUT2D eigenvalue weighted by molar-refractivity contribution is 9.10. The van der Waals surface area contributed by atoms with Crippen LogP contribution in [0, 0.1) is 6.92 Å². The number of carbonyl (C=O) groups excluding carboxylic acids is 2. The molecule has 1 atom stereocenters. The second-order valence-electron chi connectivity index (χ2n) is 9.82. The Hall–Kier alpha value is -3.29. The van der Waals surface area contributed by atoms with E-state index in [1.54, 1.807) is 18.3 Å². The molecule has 0 aliphatic heterocycles. The maximum atomic E-state index is 13.9. The van der Waals surface area contributed by atoms with Crippen molar-refractivity contribution in [1.29, 1.82) is 0 Å². The van der Waals surface area contributed by atoms with Crippen LogP contribution in [0.3, 0.4) is 0 Å². The van der Waals surface area contributed by atoms with Gasteiger partial charge in [-0.05, 0) is 49.2 Å². The highest BCUT2D eigenvalue weighted by Crippen LogP contribution is 2.33. The van der Waals surface area contributed by atoms with E-state index in [9.17, 15) is 9.59 Å². The van der Waals surface area contributed by atoms with Crippen molar-refractivity contribution in [2.24, 2.45) is 0 Å². The van der Waals surface area contributed by atoms with Crippen LogP contribution < -0.4 is 5.32 Å². The van der Waals surface area contributed by atoms with Crippen molar-refractivity contribution in [3.63, 3.8) is 0 Å². The lowest BCUT2D eigenvalue weighted by Crippen LogP contribution is -2.41. The number of hydrogen-bond donors (Lipinski definition) is 1. The smallest absolute Gasteiger partial charge is 0.306 e. The predicted molar refractivity (Wildman–Crippen MR) is 159 cm³/mol. The fourth-order valence-corrected chi connectivity index (χ4v) is 5.33. The number of nitrogens with one attached hydrogen (secondary N) is 1. The summed E-state index contributed by atoms with van der Waals surface area (Å²) in [6, 6.07) is 19.0. The number of unbranched alkanes of at least 4 members (excludes halogenated alkanes) is 1. The van der Waals surface area contributed by atoms with E-state index in [0.717, 1.165) is 39.5 Å². The van der Waals surface area contributed by atoms with Gasteiger partial charge in [0.1, 0.15) is 0 Å². The molecule has 39 heavy (non-hydrogen) atoms. The summed E-state index contributed by atoms with van der Waals surface area (Å²) < 4.78 is 6.29. The van der Waals surface area contributed by atoms with Crippen molar-refractivity contribution in [3.8, 4) is 11.3 Å². The van der Waals surface area contributed by atoms with Gasteiger partial charge in [0.15, 0.2) is 0 Å². The molecule has 0 aliphatic rings. The predicted octanol–water partition coefficient (Wildman–Crippen LogP) is 7.44. The van der Waals surface area contributed by atoms with E-state index in [1.165, 1.54) is 0 Å². The summed E-state index contributed by atoms with van der Waals surface area (Å²) in [5.41, 5.74) is 3.31. The maximum absolute atomic E-state index is 13.9. The number of ether oxygens (including phenoxy) is 1. The van der Waals surface area contributed by atoms with Gasteiger partial charge in [0.25, 0.3) is 5.91 Å². The van der Waals surface area contributed by atoms with Crippen LogP contribution in [-0.2, 0) is 14.9 Å². The molecule has 6 nitrogen and oxygen atoms in total. The van der Waals surface area contributed by atoms with Gasteiger partial charge in [0.2, 0.25) is 0 Å². The average molecular weight is 609 g/mol. The van der Waals surface area contributed by atoms with E-state index >= 15 is 0 Å².